The molecule has 0 bridgehead atoms. The number of hydrogen-bond donors (Lipinski definition) is 1. The van der Waals surface area contributed by atoms with Crippen LogP contribution in [0.1, 0.15) is 44.6 Å². The smallest absolute Gasteiger partial charge is 0.237 e. The lowest BCUT2D eigenvalue weighted by atomic mass is 9.80. The van der Waals surface area contributed by atoms with Crippen LogP contribution in [0.4, 0.5) is 5.69 Å². The van der Waals surface area contributed by atoms with Crippen molar-refractivity contribution < 1.29 is 14.3 Å². The molecule has 1 aliphatic heterocycles. The summed E-state index contributed by atoms with van der Waals surface area (Å²) in [5, 5.41) is 5.33. The average Bonchev–Trinajstić information content (AvgIpc) is 3.11. The van der Waals surface area contributed by atoms with Gasteiger partial charge in [0.05, 0.1) is 19.5 Å². The zero-order valence-electron chi connectivity index (χ0n) is 17.7. The van der Waals surface area contributed by atoms with Crippen molar-refractivity contribution in [3.05, 3.63) is 30.1 Å². The van der Waals surface area contributed by atoms with Gasteiger partial charge in [0.2, 0.25) is 5.91 Å². The fraction of sp³-hybridized carbons (Fsp3) is 0.500. The number of methoxy groups -OCH3 is 2. The van der Waals surface area contributed by atoms with Gasteiger partial charge >= 0.3 is 0 Å². The first-order chi connectivity index (χ1) is 14.5. The molecule has 1 saturated carbocycles. The standard InChI is InChI=1S/C22H27N3O3S2/c1-12-5-7-15-18(9-12)30-22-19(15)21(23-11-24-22)29-13(2)20(26)25-14-6-8-16(27-3)17(10-14)28-4/h6,8,10-13,15,18H,5,7,9H2,1-4H3,(H,25,26). The van der Waals surface area contributed by atoms with Gasteiger partial charge in [-0.15, -0.1) is 11.8 Å². The Hall–Kier alpha value is -1.93. The van der Waals surface area contributed by atoms with Crippen LogP contribution in [-0.4, -0.2) is 40.6 Å². The van der Waals surface area contributed by atoms with Gasteiger partial charge in [-0.2, -0.15) is 0 Å². The van der Waals surface area contributed by atoms with Crippen LogP contribution in [0, 0.1) is 5.92 Å². The van der Waals surface area contributed by atoms with Gasteiger partial charge in [0.15, 0.2) is 11.5 Å². The third-order valence-corrected chi connectivity index (χ3v) is 8.30. The number of fused-ring (bicyclic) bond motifs is 3. The quantitative estimate of drug-likeness (QED) is 0.496. The van der Waals surface area contributed by atoms with Crippen LogP contribution in [0.2, 0.25) is 0 Å². The van der Waals surface area contributed by atoms with Crippen LogP contribution in [-0.2, 0) is 4.79 Å². The zero-order valence-corrected chi connectivity index (χ0v) is 19.3. The van der Waals surface area contributed by atoms with Crippen molar-refractivity contribution in [1.29, 1.82) is 0 Å². The minimum absolute atomic E-state index is 0.0703. The number of benzene rings is 1. The van der Waals surface area contributed by atoms with E-state index in [2.05, 4.69) is 22.2 Å². The number of thioether (sulfide) groups is 2. The molecule has 2 aliphatic rings. The highest BCUT2D eigenvalue weighted by Gasteiger charge is 2.40. The number of ether oxygens (including phenoxy) is 2. The summed E-state index contributed by atoms with van der Waals surface area (Å²) in [5.41, 5.74) is 1.94. The number of rotatable bonds is 6. The van der Waals surface area contributed by atoms with Crippen LogP contribution in [0.25, 0.3) is 0 Å². The summed E-state index contributed by atoms with van der Waals surface area (Å²) in [6.45, 7) is 4.25. The summed E-state index contributed by atoms with van der Waals surface area (Å²) in [7, 11) is 3.17. The van der Waals surface area contributed by atoms with Crippen molar-refractivity contribution in [1.82, 2.24) is 9.97 Å². The molecule has 0 spiro atoms. The van der Waals surface area contributed by atoms with E-state index in [1.54, 1.807) is 32.7 Å². The van der Waals surface area contributed by atoms with Crippen LogP contribution in [0.3, 0.4) is 0 Å². The molecule has 2 heterocycles. The van der Waals surface area contributed by atoms with Gasteiger partial charge in [-0.1, -0.05) is 25.1 Å². The minimum atomic E-state index is -0.288. The van der Waals surface area contributed by atoms with E-state index >= 15 is 0 Å². The van der Waals surface area contributed by atoms with Gasteiger partial charge in [0, 0.05) is 28.5 Å². The van der Waals surface area contributed by atoms with Crippen LogP contribution >= 0.6 is 23.5 Å². The van der Waals surface area contributed by atoms with Crippen molar-refractivity contribution >= 4 is 35.1 Å². The Bertz CT molecular complexity index is 940. The summed E-state index contributed by atoms with van der Waals surface area (Å²) in [5.74, 6) is 2.41. The molecule has 6 nitrogen and oxygen atoms in total. The molecular weight excluding hydrogens is 418 g/mol. The maximum atomic E-state index is 12.8. The highest BCUT2D eigenvalue weighted by Crippen LogP contribution is 2.54. The molecule has 30 heavy (non-hydrogen) atoms. The summed E-state index contributed by atoms with van der Waals surface area (Å²) in [6.07, 6.45) is 5.29. The Labute approximate surface area is 185 Å². The van der Waals surface area contributed by atoms with E-state index < -0.39 is 0 Å². The summed E-state index contributed by atoms with van der Waals surface area (Å²) in [6, 6.07) is 5.36. The van der Waals surface area contributed by atoms with E-state index in [9.17, 15) is 4.79 Å². The Balaban J connectivity index is 1.47. The van der Waals surface area contributed by atoms with E-state index in [1.807, 2.05) is 24.8 Å². The van der Waals surface area contributed by atoms with Gasteiger partial charge in [0.1, 0.15) is 16.4 Å². The lowest BCUT2D eigenvalue weighted by molar-refractivity contribution is -0.115. The number of carbonyl (C=O) groups excluding carboxylic acids is 1. The Morgan fingerprint density at radius 3 is 2.80 bits per heavy atom. The van der Waals surface area contributed by atoms with E-state index in [1.165, 1.54) is 36.6 Å². The molecular formula is C22H27N3O3S2. The predicted octanol–water partition coefficient (Wildman–Crippen LogP) is 4.99. The van der Waals surface area contributed by atoms with Crippen LogP contribution in [0.15, 0.2) is 34.6 Å². The van der Waals surface area contributed by atoms with Crippen molar-refractivity contribution in [2.45, 2.75) is 59.6 Å². The number of hydrogen-bond acceptors (Lipinski definition) is 7. The molecule has 1 amide bonds. The largest absolute Gasteiger partial charge is 0.493 e. The monoisotopic (exact) mass is 445 g/mol. The Morgan fingerprint density at radius 1 is 1.23 bits per heavy atom. The molecule has 160 valence electrons. The molecule has 0 saturated heterocycles. The predicted molar refractivity (Wildman–Crippen MR) is 121 cm³/mol. The SMILES string of the molecule is COc1ccc(NC(=O)C(C)Sc2ncnc3c2C2CCC(C)CC2S3)cc1OC. The molecule has 1 fully saturated rings. The fourth-order valence-corrected chi connectivity index (χ4v) is 6.86. The first-order valence-electron chi connectivity index (χ1n) is 10.2. The van der Waals surface area contributed by atoms with Gasteiger partial charge in [-0.25, -0.2) is 9.97 Å². The van der Waals surface area contributed by atoms with Gasteiger partial charge in [-0.3, -0.25) is 4.79 Å². The first kappa shape index (κ1) is 21.3. The second kappa shape index (κ2) is 9.06. The highest BCUT2D eigenvalue weighted by atomic mass is 32.2. The molecule has 0 radical (unpaired) electrons. The Kier molecular flexibility index (Phi) is 6.43. The van der Waals surface area contributed by atoms with Crippen molar-refractivity contribution in [2.75, 3.05) is 19.5 Å². The number of aromatic nitrogens is 2. The molecule has 4 atom stereocenters. The van der Waals surface area contributed by atoms with E-state index in [-0.39, 0.29) is 11.2 Å². The molecule has 4 rings (SSSR count). The Morgan fingerprint density at radius 2 is 2.03 bits per heavy atom. The lowest BCUT2D eigenvalue weighted by Crippen LogP contribution is -2.24. The van der Waals surface area contributed by atoms with Crippen LogP contribution in [0.5, 0.6) is 11.5 Å². The van der Waals surface area contributed by atoms with Gasteiger partial charge < -0.3 is 14.8 Å². The lowest BCUT2D eigenvalue weighted by Gasteiger charge is -2.29. The molecule has 4 unspecified atom stereocenters. The van der Waals surface area contributed by atoms with Crippen molar-refractivity contribution in [3.8, 4) is 11.5 Å². The summed E-state index contributed by atoms with van der Waals surface area (Å²) in [4.78, 5) is 21.9. The molecule has 8 heteroatoms. The average molecular weight is 446 g/mol. The topological polar surface area (TPSA) is 73.3 Å². The van der Waals surface area contributed by atoms with E-state index in [0.29, 0.717) is 28.4 Å². The minimum Gasteiger partial charge on any atom is -0.493 e. The maximum absolute atomic E-state index is 12.8. The third kappa shape index (κ3) is 4.25. The van der Waals surface area contributed by atoms with E-state index in [0.717, 1.165) is 16.0 Å². The van der Waals surface area contributed by atoms with Gasteiger partial charge in [0.25, 0.3) is 0 Å². The summed E-state index contributed by atoms with van der Waals surface area (Å²) < 4.78 is 10.6. The molecule has 1 aliphatic carbocycles. The molecule has 1 N–H and O–H groups in total. The first-order valence-corrected chi connectivity index (χ1v) is 12.0. The maximum Gasteiger partial charge on any atom is 0.237 e. The highest BCUT2D eigenvalue weighted by molar-refractivity contribution is 8.01. The number of carbonyl (C=O) groups is 1. The molecule has 1 aromatic carbocycles. The number of anilines is 1. The molecule has 1 aromatic heterocycles. The van der Waals surface area contributed by atoms with Crippen molar-refractivity contribution in [2.24, 2.45) is 5.92 Å². The second-order valence-corrected chi connectivity index (χ2v) is 10.5. The van der Waals surface area contributed by atoms with Crippen molar-refractivity contribution in [3.63, 3.8) is 0 Å². The normalized spacial score (nSPS) is 23.3. The van der Waals surface area contributed by atoms with Crippen LogP contribution < -0.4 is 14.8 Å². The zero-order chi connectivity index (χ0) is 21.3. The number of nitrogens with zero attached hydrogens (tertiary/aromatic N) is 2. The van der Waals surface area contributed by atoms with E-state index in [4.69, 9.17) is 9.47 Å². The fourth-order valence-electron chi connectivity index (χ4n) is 4.18. The second-order valence-electron chi connectivity index (χ2n) is 7.90. The molecule has 2 aromatic rings. The third-order valence-electron chi connectivity index (χ3n) is 5.81. The summed E-state index contributed by atoms with van der Waals surface area (Å²) >= 11 is 3.41. The number of amides is 1. The number of nitrogens with one attached hydrogen (secondary N) is 1. The van der Waals surface area contributed by atoms with Gasteiger partial charge in [-0.05, 0) is 37.8 Å².